The summed E-state index contributed by atoms with van der Waals surface area (Å²) in [4.78, 5) is 13.5. The number of fused-ring (bicyclic) bond motifs is 1. The molecule has 0 aliphatic carbocycles. The van der Waals surface area contributed by atoms with Crippen molar-refractivity contribution < 1.29 is 9.31 Å². The van der Waals surface area contributed by atoms with Gasteiger partial charge in [-0.25, -0.2) is 4.39 Å². The Morgan fingerprint density at radius 2 is 2.24 bits per heavy atom. The van der Waals surface area contributed by atoms with Crippen LogP contribution in [-0.4, -0.2) is 9.91 Å². The van der Waals surface area contributed by atoms with Crippen LogP contribution in [0.15, 0.2) is 18.3 Å². The zero-order valence-electron chi connectivity index (χ0n) is 8.15. The Balaban J connectivity index is 2.89. The summed E-state index contributed by atoms with van der Waals surface area (Å²) in [6, 6.07) is 3.62. The van der Waals surface area contributed by atoms with Crippen LogP contribution < -0.4 is 0 Å². The molecule has 1 heterocycles. The zero-order valence-corrected chi connectivity index (χ0v) is 8.90. The number of nitriles is 1. The largest absolute Gasteiger partial charge is 0.273 e. The molecule has 0 atom stereocenters. The lowest BCUT2D eigenvalue weighted by atomic mass is 10.1. The van der Waals surface area contributed by atoms with E-state index in [4.69, 9.17) is 16.9 Å². The molecule has 1 aromatic heterocycles. The first-order chi connectivity index (χ1) is 8.04. The third kappa shape index (κ3) is 1.77. The topological polar surface area (TPSA) is 79.8 Å². The van der Waals surface area contributed by atoms with Gasteiger partial charge in [-0.05, 0) is 0 Å². The molecule has 0 aliphatic rings. The molecule has 0 bridgehead atoms. The van der Waals surface area contributed by atoms with Gasteiger partial charge in [-0.15, -0.1) is 0 Å². The van der Waals surface area contributed by atoms with Crippen LogP contribution in [0.4, 0.5) is 10.1 Å². The molecular formula is C10H3ClFN3O2. The molecule has 7 heteroatoms. The summed E-state index contributed by atoms with van der Waals surface area (Å²) in [6.45, 7) is 0. The van der Waals surface area contributed by atoms with Gasteiger partial charge in [0.15, 0.2) is 5.82 Å². The van der Waals surface area contributed by atoms with Crippen molar-refractivity contribution in [1.29, 1.82) is 5.26 Å². The van der Waals surface area contributed by atoms with Crippen LogP contribution in [0, 0.1) is 27.3 Å². The van der Waals surface area contributed by atoms with E-state index in [1.165, 1.54) is 0 Å². The predicted octanol–water partition coefficient (Wildman–Crippen LogP) is 2.81. The second-order valence-electron chi connectivity index (χ2n) is 3.18. The Labute approximate surface area is 99.2 Å². The number of hydrogen-bond donors (Lipinski definition) is 0. The summed E-state index contributed by atoms with van der Waals surface area (Å²) in [5.41, 5.74) is -0.493. The van der Waals surface area contributed by atoms with E-state index >= 15 is 0 Å². The van der Waals surface area contributed by atoms with Gasteiger partial charge in [0.1, 0.15) is 11.6 Å². The van der Waals surface area contributed by atoms with Gasteiger partial charge in [0, 0.05) is 17.6 Å². The molecule has 0 amide bonds. The molecule has 2 aromatic rings. The SMILES string of the molecule is N#Cc1cnc2c(F)cc([N+](=O)[O-])cc2c1Cl. The summed E-state index contributed by atoms with van der Waals surface area (Å²) in [5, 5.41) is 19.3. The summed E-state index contributed by atoms with van der Waals surface area (Å²) in [6.07, 6.45) is 1.12. The molecule has 2 rings (SSSR count). The van der Waals surface area contributed by atoms with Crippen LogP contribution in [0.2, 0.25) is 5.02 Å². The van der Waals surface area contributed by atoms with E-state index < -0.39 is 16.4 Å². The fourth-order valence-electron chi connectivity index (χ4n) is 1.40. The van der Waals surface area contributed by atoms with Crippen molar-refractivity contribution in [3.63, 3.8) is 0 Å². The fourth-order valence-corrected chi connectivity index (χ4v) is 1.63. The molecule has 0 N–H and O–H groups in total. The van der Waals surface area contributed by atoms with E-state index in [2.05, 4.69) is 4.98 Å². The highest BCUT2D eigenvalue weighted by atomic mass is 35.5. The van der Waals surface area contributed by atoms with Gasteiger partial charge in [-0.1, -0.05) is 11.6 Å². The van der Waals surface area contributed by atoms with Gasteiger partial charge in [0.2, 0.25) is 0 Å². The molecule has 0 spiro atoms. The standard InChI is InChI=1S/C10H3ClFN3O2/c11-9-5(3-13)4-14-10-7(9)1-6(15(16)17)2-8(10)12/h1-2,4H. The van der Waals surface area contributed by atoms with Crippen LogP contribution in [0.25, 0.3) is 10.9 Å². The minimum Gasteiger partial charge on any atom is -0.258 e. The second kappa shape index (κ2) is 3.96. The Bertz CT molecular complexity index is 681. The molecule has 1 aromatic carbocycles. The molecule has 17 heavy (non-hydrogen) atoms. The van der Waals surface area contributed by atoms with E-state index in [0.717, 1.165) is 18.3 Å². The van der Waals surface area contributed by atoms with E-state index in [1.54, 1.807) is 6.07 Å². The first kappa shape index (κ1) is 11.2. The first-order valence-corrected chi connectivity index (χ1v) is 4.74. The van der Waals surface area contributed by atoms with Crippen molar-refractivity contribution in [2.75, 3.05) is 0 Å². The molecule has 0 unspecified atom stereocenters. The summed E-state index contributed by atoms with van der Waals surface area (Å²) < 4.78 is 13.5. The lowest BCUT2D eigenvalue weighted by Crippen LogP contribution is -1.93. The average Bonchev–Trinajstić information content (AvgIpc) is 2.30. The first-order valence-electron chi connectivity index (χ1n) is 4.37. The van der Waals surface area contributed by atoms with Gasteiger partial charge in [0.25, 0.3) is 5.69 Å². The number of nitro groups is 1. The van der Waals surface area contributed by atoms with Crippen molar-refractivity contribution >= 4 is 28.2 Å². The molecule has 5 nitrogen and oxygen atoms in total. The van der Waals surface area contributed by atoms with E-state index in [-0.39, 0.29) is 21.5 Å². The van der Waals surface area contributed by atoms with Crippen LogP contribution in [0.5, 0.6) is 0 Å². The lowest BCUT2D eigenvalue weighted by molar-refractivity contribution is -0.384. The molecule has 0 aliphatic heterocycles. The predicted molar refractivity (Wildman–Crippen MR) is 58.1 cm³/mol. The van der Waals surface area contributed by atoms with Crippen LogP contribution in [0.1, 0.15) is 5.56 Å². The number of pyridine rings is 1. The molecule has 0 radical (unpaired) electrons. The Morgan fingerprint density at radius 1 is 1.53 bits per heavy atom. The maximum Gasteiger partial charge on any atom is 0.273 e. The Kier molecular flexibility index (Phi) is 2.61. The second-order valence-corrected chi connectivity index (χ2v) is 3.56. The highest BCUT2D eigenvalue weighted by Gasteiger charge is 2.16. The zero-order chi connectivity index (χ0) is 12.6. The number of aromatic nitrogens is 1. The molecule has 0 saturated carbocycles. The van der Waals surface area contributed by atoms with Crippen LogP contribution >= 0.6 is 11.6 Å². The summed E-state index contributed by atoms with van der Waals surface area (Å²) >= 11 is 5.84. The molecular weight excluding hydrogens is 249 g/mol. The molecule has 0 saturated heterocycles. The summed E-state index contributed by atoms with van der Waals surface area (Å²) in [5.74, 6) is -0.847. The van der Waals surface area contributed by atoms with Crippen molar-refractivity contribution in [3.8, 4) is 6.07 Å². The van der Waals surface area contributed by atoms with Gasteiger partial charge in [-0.3, -0.25) is 15.1 Å². The monoisotopic (exact) mass is 251 g/mol. The normalized spacial score (nSPS) is 10.2. The van der Waals surface area contributed by atoms with E-state index in [1.807, 2.05) is 0 Å². The number of rotatable bonds is 1. The maximum absolute atomic E-state index is 13.5. The molecule has 84 valence electrons. The lowest BCUT2D eigenvalue weighted by Gasteiger charge is -2.02. The number of benzene rings is 1. The minimum absolute atomic E-state index is 0.0408. The van der Waals surface area contributed by atoms with E-state index in [0.29, 0.717) is 0 Å². The third-order valence-corrected chi connectivity index (χ3v) is 2.58. The third-order valence-electron chi connectivity index (χ3n) is 2.18. The van der Waals surface area contributed by atoms with Crippen LogP contribution in [-0.2, 0) is 0 Å². The van der Waals surface area contributed by atoms with Crippen molar-refractivity contribution in [2.24, 2.45) is 0 Å². The average molecular weight is 252 g/mol. The van der Waals surface area contributed by atoms with Crippen molar-refractivity contribution in [2.45, 2.75) is 0 Å². The number of nitrogens with zero attached hydrogens (tertiary/aromatic N) is 3. The minimum atomic E-state index is -0.847. The van der Waals surface area contributed by atoms with Crippen molar-refractivity contribution in [3.05, 3.63) is 44.8 Å². The van der Waals surface area contributed by atoms with Crippen LogP contribution in [0.3, 0.4) is 0 Å². The quantitative estimate of drug-likeness (QED) is 0.576. The highest BCUT2D eigenvalue weighted by Crippen LogP contribution is 2.30. The smallest absolute Gasteiger partial charge is 0.258 e. The number of halogens is 2. The van der Waals surface area contributed by atoms with E-state index in [9.17, 15) is 14.5 Å². The van der Waals surface area contributed by atoms with Gasteiger partial charge in [0.05, 0.1) is 21.6 Å². The maximum atomic E-state index is 13.5. The molecule has 0 fully saturated rings. The number of nitro benzene ring substituents is 1. The summed E-state index contributed by atoms with van der Waals surface area (Å²) in [7, 11) is 0. The number of hydrogen-bond acceptors (Lipinski definition) is 4. The van der Waals surface area contributed by atoms with Gasteiger partial charge >= 0.3 is 0 Å². The van der Waals surface area contributed by atoms with Gasteiger partial charge < -0.3 is 0 Å². The fraction of sp³-hybridized carbons (Fsp3) is 0. The number of non-ortho nitro benzene ring substituents is 1. The highest BCUT2D eigenvalue weighted by molar-refractivity contribution is 6.36. The Hall–Kier alpha value is -2.26. The van der Waals surface area contributed by atoms with Gasteiger partial charge in [-0.2, -0.15) is 5.26 Å². The Morgan fingerprint density at radius 3 is 2.82 bits per heavy atom. The van der Waals surface area contributed by atoms with Crippen molar-refractivity contribution in [1.82, 2.24) is 4.98 Å².